The van der Waals surface area contributed by atoms with Gasteiger partial charge in [0.2, 0.25) is 0 Å². The molecule has 0 saturated carbocycles. The molecule has 0 aromatic heterocycles. The molecule has 0 aliphatic carbocycles. The van der Waals surface area contributed by atoms with Crippen molar-refractivity contribution in [1.29, 1.82) is 0 Å². The molecule has 1 aliphatic rings. The summed E-state index contributed by atoms with van der Waals surface area (Å²) in [6.07, 6.45) is 2.81. The minimum absolute atomic E-state index is 0.230. The van der Waals surface area contributed by atoms with Crippen LogP contribution in [0.5, 0.6) is 11.5 Å². The molecular weight excluding hydrogens is 288 g/mol. The lowest BCUT2D eigenvalue weighted by molar-refractivity contribution is 0.327. The molecule has 0 unspecified atom stereocenters. The van der Waals surface area contributed by atoms with E-state index in [1.54, 1.807) is 31.5 Å². The second-order valence-electron chi connectivity index (χ2n) is 5.87. The fourth-order valence-electron chi connectivity index (χ4n) is 2.87. The van der Waals surface area contributed by atoms with Crippen LogP contribution in [0.1, 0.15) is 17.5 Å². The van der Waals surface area contributed by atoms with Crippen LogP contribution in [0.15, 0.2) is 53.5 Å². The highest BCUT2D eigenvalue weighted by atomic mass is 16.5. The van der Waals surface area contributed by atoms with Crippen molar-refractivity contribution in [3.63, 3.8) is 0 Å². The summed E-state index contributed by atoms with van der Waals surface area (Å²) in [5.41, 5.74) is 2.04. The summed E-state index contributed by atoms with van der Waals surface area (Å²) >= 11 is 0. The SMILES string of the molecule is COc1ccc(O)c(C=N[C@@H]2CCN(Cc3ccccc3)C2)c1. The molecule has 1 fully saturated rings. The highest BCUT2D eigenvalue weighted by Crippen LogP contribution is 2.22. The van der Waals surface area contributed by atoms with Crippen molar-refractivity contribution in [2.24, 2.45) is 4.99 Å². The normalized spacial score (nSPS) is 18.6. The van der Waals surface area contributed by atoms with Gasteiger partial charge >= 0.3 is 0 Å². The van der Waals surface area contributed by atoms with Gasteiger partial charge in [-0.1, -0.05) is 30.3 Å². The molecule has 0 radical (unpaired) electrons. The van der Waals surface area contributed by atoms with E-state index in [1.165, 1.54) is 5.56 Å². The first-order valence-electron chi connectivity index (χ1n) is 7.91. The number of aliphatic imine (C=N–C) groups is 1. The Hall–Kier alpha value is -2.33. The molecule has 3 rings (SSSR count). The number of aromatic hydroxyl groups is 1. The van der Waals surface area contributed by atoms with Gasteiger partial charge in [-0.3, -0.25) is 9.89 Å². The van der Waals surface area contributed by atoms with E-state index in [0.717, 1.165) is 31.8 Å². The van der Waals surface area contributed by atoms with Crippen LogP contribution in [0.3, 0.4) is 0 Å². The number of phenols is 1. The van der Waals surface area contributed by atoms with Crippen LogP contribution < -0.4 is 4.74 Å². The quantitative estimate of drug-likeness (QED) is 0.863. The zero-order valence-electron chi connectivity index (χ0n) is 13.4. The fraction of sp³-hybridized carbons (Fsp3) is 0.316. The standard InChI is InChI=1S/C19H22N2O2/c1-23-18-7-8-19(22)16(11-18)12-20-17-9-10-21(14-17)13-15-5-3-2-4-6-15/h2-8,11-12,17,22H,9-10,13-14H2,1H3/t17-/m1/s1. The van der Waals surface area contributed by atoms with Crippen molar-refractivity contribution in [2.75, 3.05) is 20.2 Å². The Labute approximate surface area is 137 Å². The van der Waals surface area contributed by atoms with Crippen LogP contribution in [0.25, 0.3) is 0 Å². The lowest BCUT2D eigenvalue weighted by atomic mass is 10.2. The van der Waals surface area contributed by atoms with E-state index in [4.69, 9.17) is 4.74 Å². The van der Waals surface area contributed by atoms with Crippen molar-refractivity contribution < 1.29 is 9.84 Å². The number of hydrogen-bond donors (Lipinski definition) is 1. The average molecular weight is 310 g/mol. The van der Waals surface area contributed by atoms with Crippen LogP contribution >= 0.6 is 0 Å². The van der Waals surface area contributed by atoms with Gasteiger partial charge in [0.25, 0.3) is 0 Å². The Balaban J connectivity index is 1.59. The molecule has 1 N–H and O–H groups in total. The zero-order valence-corrected chi connectivity index (χ0v) is 13.4. The Morgan fingerprint density at radius 1 is 1.26 bits per heavy atom. The third kappa shape index (κ3) is 4.11. The minimum atomic E-state index is 0.230. The second kappa shape index (κ2) is 7.29. The Bertz CT molecular complexity index is 670. The smallest absolute Gasteiger partial charge is 0.124 e. The largest absolute Gasteiger partial charge is 0.507 e. The summed E-state index contributed by atoms with van der Waals surface area (Å²) in [5.74, 6) is 0.954. The molecule has 0 bridgehead atoms. The Morgan fingerprint density at radius 3 is 2.87 bits per heavy atom. The first-order valence-corrected chi connectivity index (χ1v) is 7.91. The zero-order chi connectivity index (χ0) is 16.1. The van der Waals surface area contributed by atoms with Gasteiger partial charge in [0.15, 0.2) is 0 Å². The molecule has 23 heavy (non-hydrogen) atoms. The third-order valence-corrected chi connectivity index (χ3v) is 4.16. The van der Waals surface area contributed by atoms with Crippen LogP contribution in [-0.2, 0) is 6.54 Å². The van der Waals surface area contributed by atoms with Crippen LogP contribution in [0.2, 0.25) is 0 Å². The van der Waals surface area contributed by atoms with E-state index in [1.807, 2.05) is 6.07 Å². The molecule has 1 saturated heterocycles. The summed E-state index contributed by atoms with van der Waals surface area (Å²) in [6.45, 7) is 2.98. The van der Waals surface area contributed by atoms with Gasteiger partial charge in [0.05, 0.1) is 13.2 Å². The molecule has 1 atom stereocenters. The number of methoxy groups -OCH3 is 1. The molecule has 120 valence electrons. The molecule has 2 aromatic carbocycles. The lowest BCUT2D eigenvalue weighted by Crippen LogP contribution is -2.21. The number of likely N-dealkylation sites (tertiary alicyclic amines) is 1. The summed E-state index contributed by atoms with van der Waals surface area (Å²) in [7, 11) is 1.62. The van der Waals surface area contributed by atoms with Crippen molar-refractivity contribution in [2.45, 2.75) is 19.0 Å². The fourth-order valence-corrected chi connectivity index (χ4v) is 2.87. The molecule has 2 aromatic rings. The van der Waals surface area contributed by atoms with E-state index in [-0.39, 0.29) is 11.8 Å². The molecule has 0 amide bonds. The first kappa shape index (κ1) is 15.6. The molecule has 0 spiro atoms. The van der Waals surface area contributed by atoms with E-state index < -0.39 is 0 Å². The predicted molar refractivity (Wildman–Crippen MR) is 92.4 cm³/mol. The van der Waals surface area contributed by atoms with Crippen molar-refractivity contribution in [3.05, 3.63) is 59.7 Å². The summed E-state index contributed by atoms with van der Waals surface area (Å²) in [6, 6.07) is 16.0. The lowest BCUT2D eigenvalue weighted by Gasteiger charge is -2.14. The number of rotatable bonds is 5. The minimum Gasteiger partial charge on any atom is -0.507 e. The van der Waals surface area contributed by atoms with Gasteiger partial charge in [-0.2, -0.15) is 0 Å². The maximum Gasteiger partial charge on any atom is 0.124 e. The van der Waals surface area contributed by atoms with Gasteiger partial charge in [-0.25, -0.2) is 0 Å². The van der Waals surface area contributed by atoms with Crippen LogP contribution in [-0.4, -0.2) is 42.5 Å². The van der Waals surface area contributed by atoms with Crippen molar-refractivity contribution in [3.8, 4) is 11.5 Å². The van der Waals surface area contributed by atoms with E-state index >= 15 is 0 Å². The molecule has 4 heteroatoms. The maximum atomic E-state index is 9.89. The van der Waals surface area contributed by atoms with Crippen LogP contribution in [0.4, 0.5) is 0 Å². The van der Waals surface area contributed by atoms with Gasteiger partial charge in [0, 0.05) is 31.4 Å². The second-order valence-corrected chi connectivity index (χ2v) is 5.87. The monoisotopic (exact) mass is 310 g/mol. The highest BCUT2D eigenvalue weighted by Gasteiger charge is 2.21. The molecule has 1 heterocycles. The molecule has 4 nitrogen and oxygen atoms in total. The summed E-state index contributed by atoms with van der Waals surface area (Å²) in [5, 5.41) is 9.89. The topological polar surface area (TPSA) is 45.1 Å². The Kier molecular flexibility index (Phi) is 4.93. The number of ether oxygens (including phenoxy) is 1. The van der Waals surface area contributed by atoms with E-state index in [0.29, 0.717) is 5.56 Å². The number of nitrogens with zero attached hydrogens (tertiary/aromatic N) is 2. The Morgan fingerprint density at radius 2 is 2.09 bits per heavy atom. The average Bonchev–Trinajstić information content (AvgIpc) is 3.02. The highest BCUT2D eigenvalue weighted by molar-refractivity contribution is 5.84. The summed E-state index contributed by atoms with van der Waals surface area (Å²) < 4.78 is 5.18. The first-order chi connectivity index (χ1) is 11.2. The number of hydrogen-bond acceptors (Lipinski definition) is 4. The number of benzene rings is 2. The molecular formula is C19H22N2O2. The maximum absolute atomic E-state index is 9.89. The number of phenolic OH excluding ortho intramolecular Hbond substituents is 1. The van der Waals surface area contributed by atoms with Gasteiger partial charge in [-0.15, -0.1) is 0 Å². The van der Waals surface area contributed by atoms with Gasteiger partial charge in [0.1, 0.15) is 11.5 Å². The third-order valence-electron chi connectivity index (χ3n) is 4.16. The van der Waals surface area contributed by atoms with E-state index in [9.17, 15) is 5.11 Å². The van der Waals surface area contributed by atoms with E-state index in [2.05, 4.69) is 34.2 Å². The van der Waals surface area contributed by atoms with Crippen LogP contribution in [0, 0.1) is 0 Å². The summed E-state index contributed by atoms with van der Waals surface area (Å²) in [4.78, 5) is 7.06. The van der Waals surface area contributed by atoms with Gasteiger partial charge in [-0.05, 0) is 30.2 Å². The van der Waals surface area contributed by atoms with Crippen molar-refractivity contribution in [1.82, 2.24) is 4.90 Å². The predicted octanol–water partition coefficient (Wildman–Crippen LogP) is 3.09. The van der Waals surface area contributed by atoms with Gasteiger partial charge < -0.3 is 9.84 Å². The molecule has 1 aliphatic heterocycles. The van der Waals surface area contributed by atoms with Crippen molar-refractivity contribution >= 4 is 6.21 Å².